The lowest BCUT2D eigenvalue weighted by molar-refractivity contribution is 0.504. The third kappa shape index (κ3) is 3.92. The van der Waals surface area contributed by atoms with Gasteiger partial charge in [-0.1, -0.05) is 35.8 Å². The molecule has 0 spiro atoms. The average Bonchev–Trinajstić information content (AvgIpc) is 2.90. The minimum Gasteiger partial charge on any atom is -0.333 e. The third-order valence-electron chi connectivity index (χ3n) is 3.34. The fourth-order valence-corrected chi connectivity index (χ4v) is 2.71. The van der Waals surface area contributed by atoms with Crippen molar-refractivity contribution >= 4 is 15.9 Å². The van der Waals surface area contributed by atoms with Gasteiger partial charge in [-0.3, -0.25) is 0 Å². The van der Waals surface area contributed by atoms with E-state index >= 15 is 0 Å². The predicted molar refractivity (Wildman–Crippen MR) is 86.8 cm³/mol. The Bertz CT molecular complexity index is 583. The van der Waals surface area contributed by atoms with Crippen LogP contribution in [0.15, 0.2) is 35.1 Å². The molecule has 114 valence electrons. The Morgan fingerprint density at radius 1 is 1.33 bits per heavy atom. The van der Waals surface area contributed by atoms with Gasteiger partial charge in [0.2, 0.25) is 0 Å². The molecule has 1 aromatic carbocycles. The number of aromatic nitrogens is 2. The first-order chi connectivity index (χ1) is 10.2. The van der Waals surface area contributed by atoms with Crippen molar-refractivity contribution in [1.29, 1.82) is 0 Å². The quantitative estimate of drug-likeness (QED) is 0.804. The van der Waals surface area contributed by atoms with Crippen molar-refractivity contribution in [2.45, 2.75) is 39.3 Å². The normalized spacial score (nSPS) is 12.6. The first kappa shape index (κ1) is 16.2. The summed E-state index contributed by atoms with van der Waals surface area (Å²) in [7, 11) is 0. The summed E-state index contributed by atoms with van der Waals surface area (Å²) in [6, 6.07) is 4.96. The lowest BCUT2D eigenvalue weighted by atomic mass is 10.1. The summed E-state index contributed by atoms with van der Waals surface area (Å²) in [5, 5.41) is 3.41. The molecule has 0 saturated carbocycles. The monoisotopic (exact) mass is 353 g/mol. The van der Waals surface area contributed by atoms with Gasteiger partial charge in [-0.2, -0.15) is 0 Å². The molecule has 3 nitrogen and oxygen atoms in total. The van der Waals surface area contributed by atoms with Crippen LogP contribution in [-0.2, 0) is 6.54 Å². The molecule has 0 amide bonds. The zero-order valence-corrected chi connectivity index (χ0v) is 14.0. The van der Waals surface area contributed by atoms with Crippen molar-refractivity contribution in [3.05, 3.63) is 52.3 Å². The van der Waals surface area contributed by atoms with E-state index in [1.54, 1.807) is 6.20 Å². The fourth-order valence-electron chi connectivity index (χ4n) is 2.38. The maximum Gasteiger partial charge on any atom is 0.130 e. The lowest BCUT2D eigenvalue weighted by Crippen LogP contribution is -2.27. The molecule has 0 fully saturated rings. The molecule has 0 aliphatic heterocycles. The highest BCUT2D eigenvalue weighted by Gasteiger charge is 2.21. The van der Waals surface area contributed by atoms with Crippen molar-refractivity contribution in [1.82, 2.24) is 14.9 Å². The molecule has 1 atom stereocenters. The molecule has 1 unspecified atom stereocenters. The van der Waals surface area contributed by atoms with E-state index in [0.29, 0.717) is 5.56 Å². The summed E-state index contributed by atoms with van der Waals surface area (Å²) in [5.41, 5.74) is 0.634. The molecule has 0 radical (unpaired) electrons. The number of nitrogens with zero attached hydrogens (tertiary/aromatic N) is 2. The molecular formula is C16H21BrFN3. The molecule has 2 rings (SSSR count). The zero-order valence-electron chi connectivity index (χ0n) is 12.4. The maximum absolute atomic E-state index is 14.3. The molecule has 0 saturated heterocycles. The molecular weight excluding hydrogens is 333 g/mol. The van der Waals surface area contributed by atoms with E-state index in [4.69, 9.17) is 0 Å². The first-order valence-corrected chi connectivity index (χ1v) is 8.16. The van der Waals surface area contributed by atoms with E-state index in [-0.39, 0.29) is 11.9 Å². The number of hydrogen-bond acceptors (Lipinski definition) is 2. The summed E-state index contributed by atoms with van der Waals surface area (Å²) in [6.45, 7) is 5.93. The highest BCUT2D eigenvalue weighted by Crippen LogP contribution is 2.26. The van der Waals surface area contributed by atoms with Crippen LogP contribution < -0.4 is 5.32 Å². The van der Waals surface area contributed by atoms with Gasteiger partial charge in [0.15, 0.2) is 0 Å². The van der Waals surface area contributed by atoms with E-state index < -0.39 is 0 Å². The summed E-state index contributed by atoms with van der Waals surface area (Å²) in [4.78, 5) is 4.45. The van der Waals surface area contributed by atoms with Crippen LogP contribution in [0.25, 0.3) is 0 Å². The highest BCUT2D eigenvalue weighted by atomic mass is 79.9. The molecule has 0 aliphatic carbocycles. The van der Waals surface area contributed by atoms with Crippen LogP contribution in [0.5, 0.6) is 0 Å². The second kappa shape index (κ2) is 7.71. The molecule has 1 N–H and O–H groups in total. The molecule has 1 aromatic heterocycles. The van der Waals surface area contributed by atoms with Crippen molar-refractivity contribution in [2.75, 3.05) is 6.54 Å². The Balaban J connectivity index is 2.39. The SMILES string of the molecule is CCCNC(c1ccc(Br)cc1F)c1nccn1CCC. The molecule has 5 heteroatoms. The third-order valence-corrected chi connectivity index (χ3v) is 3.84. The number of aryl methyl sites for hydroxylation is 1. The van der Waals surface area contributed by atoms with Gasteiger partial charge in [-0.25, -0.2) is 9.37 Å². The number of benzene rings is 1. The molecule has 1 heterocycles. The van der Waals surface area contributed by atoms with E-state index in [1.807, 2.05) is 18.3 Å². The van der Waals surface area contributed by atoms with Gasteiger partial charge in [-0.15, -0.1) is 0 Å². The van der Waals surface area contributed by atoms with Gasteiger partial charge in [0.05, 0.1) is 6.04 Å². The van der Waals surface area contributed by atoms with E-state index in [0.717, 1.165) is 36.2 Å². The number of rotatable bonds is 7. The Morgan fingerprint density at radius 3 is 2.81 bits per heavy atom. The molecule has 0 aliphatic rings. The summed E-state index contributed by atoms with van der Waals surface area (Å²) in [5.74, 6) is 0.649. The smallest absolute Gasteiger partial charge is 0.130 e. The highest BCUT2D eigenvalue weighted by molar-refractivity contribution is 9.10. The van der Waals surface area contributed by atoms with Crippen LogP contribution in [0.2, 0.25) is 0 Å². The second-order valence-electron chi connectivity index (χ2n) is 5.03. The van der Waals surface area contributed by atoms with Crippen LogP contribution in [0.1, 0.15) is 44.1 Å². The Kier molecular flexibility index (Phi) is 5.94. The van der Waals surface area contributed by atoms with Gasteiger partial charge >= 0.3 is 0 Å². The van der Waals surface area contributed by atoms with Crippen molar-refractivity contribution in [3.8, 4) is 0 Å². The number of hydrogen-bond donors (Lipinski definition) is 1. The predicted octanol–water partition coefficient (Wildman–Crippen LogP) is 4.28. The van der Waals surface area contributed by atoms with E-state index in [2.05, 4.69) is 44.6 Å². The zero-order chi connectivity index (χ0) is 15.2. The lowest BCUT2D eigenvalue weighted by Gasteiger charge is -2.20. The van der Waals surface area contributed by atoms with Crippen LogP contribution >= 0.6 is 15.9 Å². The summed E-state index contributed by atoms with van der Waals surface area (Å²) in [6.07, 6.45) is 5.74. The number of halogens is 2. The molecule has 21 heavy (non-hydrogen) atoms. The Hall–Kier alpha value is -1.20. The van der Waals surface area contributed by atoms with Crippen LogP contribution in [-0.4, -0.2) is 16.1 Å². The van der Waals surface area contributed by atoms with Crippen molar-refractivity contribution < 1.29 is 4.39 Å². The largest absolute Gasteiger partial charge is 0.333 e. The topological polar surface area (TPSA) is 29.9 Å². The molecule has 2 aromatic rings. The minimum atomic E-state index is -0.223. The van der Waals surface area contributed by atoms with Crippen molar-refractivity contribution in [2.24, 2.45) is 0 Å². The second-order valence-corrected chi connectivity index (χ2v) is 5.95. The van der Waals surface area contributed by atoms with Crippen molar-refractivity contribution in [3.63, 3.8) is 0 Å². The molecule has 0 bridgehead atoms. The summed E-state index contributed by atoms with van der Waals surface area (Å²) < 4.78 is 17.2. The fraction of sp³-hybridized carbons (Fsp3) is 0.438. The van der Waals surface area contributed by atoms with Crippen LogP contribution in [0, 0.1) is 5.82 Å². The van der Waals surface area contributed by atoms with Gasteiger partial charge in [0.1, 0.15) is 11.6 Å². The first-order valence-electron chi connectivity index (χ1n) is 7.36. The standard InChI is InChI=1S/C16H21BrFN3/c1-3-7-19-15(13-6-5-12(17)11-14(13)18)16-20-8-10-21(16)9-4-2/h5-6,8,10-11,15,19H,3-4,7,9H2,1-2H3. The Morgan fingerprint density at radius 2 is 2.14 bits per heavy atom. The maximum atomic E-state index is 14.3. The number of nitrogens with one attached hydrogen (secondary N) is 1. The van der Waals surface area contributed by atoms with Gasteiger partial charge in [-0.05, 0) is 31.5 Å². The van der Waals surface area contributed by atoms with E-state index in [9.17, 15) is 4.39 Å². The average molecular weight is 354 g/mol. The van der Waals surface area contributed by atoms with Gasteiger partial charge in [0.25, 0.3) is 0 Å². The van der Waals surface area contributed by atoms with Crippen LogP contribution in [0.4, 0.5) is 4.39 Å². The van der Waals surface area contributed by atoms with Gasteiger partial charge < -0.3 is 9.88 Å². The minimum absolute atomic E-state index is 0.218. The van der Waals surface area contributed by atoms with Crippen LogP contribution in [0.3, 0.4) is 0 Å². The number of imidazole rings is 1. The Labute approximate surface area is 133 Å². The van der Waals surface area contributed by atoms with Gasteiger partial charge in [0, 0.05) is 29.0 Å². The summed E-state index contributed by atoms with van der Waals surface area (Å²) >= 11 is 3.30. The van der Waals surface area contributed by atoms with E-state index in [1.165, 1.54) is 6.07 Å².